The van der Waals surface area contributed by atoms with Crippen LogP contribution in [0.3, 0.4) is 0 Å². The largest absolute Gasteiger partial charge is 0.354 e. The number of anilines is 1. The summed E-state index contributed by atoms with van der Waals surface area (Å²) in [5, 5.41) is 3.11. The van der Waals surface area contributed by atoms with E-state index in [0.29, 0.717) is 19.4 Å². The lowest BCUT2D eigenvalue weighted by Gasteiger charge is -2.30. The van der Waals surface area contributed by atoms with Gasteiger partial charge in [0.25, 0.3) is 0 Å². The van der Waals surface area contributed by atoms with E-state index in [9.17, 15) is 9.59 Å². The van der Waals surface area contributed by atoms with Crippen LogP contribution in [0.5, 0.6) is 0 Å². The molecule has 1 heterocycles. The second-order valence-corrected chi connectivity index (χ2v) is 7.44. The number of carbonyl (C=O) groups excluding carboxylic acids is 2. The van der Waals surface area contributed by atoms with Crippen LogP contribution in [-0.4, -0.2) is 42.9 Å². The predicted octanol–water partition coefficient (Wildman–Crippen LogP) is 3.56. The summed E-state index contributed by atoms with van der Waals surface area (Å²) in [5.74, 6) is 0.196. The molecule has 1 N–H and O–H groups in total. The molecule has 1 aliphatic heterocycles. The minimum Gasteiger partial charge on any atom is -0.354 e. The number of amides is 2. The summed E-state index contributed by atoms with van der Waals surface area (Å²) in [6.45, 7) is 7.53. The van der Waals surface area contributed by atoms with Gasteiger partial charge in [-0.3, -0.25) is 14.5 Å². The maximum absolute atomic E-state index is 12.5. The molecule has 5 nitrogen and oxygen atoms in total. The Morgan fingerprint density at radius 2 is 1.76 bits per heavy atom. The third-order valence-electron chi connectivity index (χ3n) is 5.62. The van der Waals surface area contributed by atoms with Crippen LogP contribution < -0.4 is 10.2 Å². The molecule has 0 bridgehead atoms. The normalized spacial score (nSPS) is 15.0. The van der Waals surface area contributed by atoms with Gasteiger partial charge in [0.2, 0.25) is 11.8 Å². The van der Waals surface area contributed by atoms with Crippen molar-refractivity contribution in [2.24, 2.45) is 0 Å². The molecule has 154 valence electrons. The fraction of sp³-hybridized carbons (Fsp3) is 0.417. The highest BCUT2D eigenvalue weighted by Gasteiger charge is 2.22. The van der Waals surface area contributed by atoms with Crippen molar-refractivity contribution >= 4 is 17.5 Å². The number of carbonyl (C=O) groups is 2. The van der Waals surface area contributed by atoms with Gasteiger partial charge < -0.3 is 10.2 Å². The number of nitrogens with zero attached hydrogens (tertiary/aromatic N) is 2. The fourth-order valence-corrected chi connectivity index (χ4v) is 3.97. The molecule has 0 saturated carbocycles. The van der Waals surface area contributed by atoms with E-state index in [2.05, 4.69) is 36.2 Å². The zero-order chi connectivity index (χ0) is 20.6. The van der Waals surface area contributed by atoms with Crippen LogP contribution in [0.15, 0.2) is 54.6 Å². The number of nitrogens with one attached hydrogen (secondary N) is 1. The molecule has 1 saturated heterocycles. The third kappa shape index (κ3) is 5.45. The van der Waals surface area contributed by atoms with Gasteiger partial charge in [0.05, 0.1) is 12.5 Å². The highest BCUT2D eigenvalue weighted by atomic mass is 16.2. The number of hydrogen-bond donors (Lipinski definition) is 1. The van der Waals surface area contributed by atoms with Gasteiger partial charge in [0.15, 0.2) is 0 Å². The Morgan fingerprint density at radius 1 is 1.07 bits per heavy atom. The summed E-state index contributed by atoms with van der Waals surface area (Å²) in [7, 11) is 0. The Hall–Kier alpha value is -2.66. The van der Waals surface area contributed by atoms with E-state index in [4.69, 9.17) is 0 Å². The second kappa shape index (κ2) is 10.2. The minimum atomic E-state index is 0.0167. The van der Waals surface area contributed by atoms with E-state index >= 15 is 0 Å². The van der Waals surface area contributed by atoms with Gasteiger partial charge in [-0.25, -0.2) is 0 Å². The maximum atomic E-state index is 12.5. The Bertz CT molecular complexity index is 801. The van der Waals surface area contributed by atoms with Gasteiger partial charge >= 0.3 is 0 Å². The molecule has 0 radical (unpaired) electrons. The van der Waals surface area contributed by atoms with Crippen LogP contribution in [0.1, 0.15) is 43.9 Å². The molecular weight excluding hydrogens is 362 g/mol. The molecule has 29 heavy (non-hydrogen) atoms. The fourth-order valence-electron chi connectivity index (χ4n) is 3.97. The molecule has 2 aromatic carbocycles. The van der Waals surface area contributed by atoms with E-state index in [-0.39, 0.29) is 17.9 Å². The lowest BCUT2D eigenvalue weighted by Crippen LogP contribution is -2.38. The van der Waals surface area contributed by atoms with Gasteiger partial charge in [0.1, 0.15) is 0 Å². The van der Waals surface area contributed by atoms with Gasteiger partial charge in [-0.05, 0) is 42.8 Å². The minimum absolute atomic E-state index is 0.0167. The topological polar surface area (TPSA) is 52.7 Å². The molecule has 2 aromatic rings. The molecule has 0 aliphatic carbocycles. The predicted molar refractivity (Wildman–Crippen MR) is 117 cm³/mol. The van der Waals surface area contributed by atoms with Gasteiger partial charge in [-0.1, -0.05) is 56.3 Å². The lowest BCUT2D eigenvalue weighted by molar-refractivity contribution is -0.120. The highest BCUT2D eigenvalue weighted by Crippen LogP contribution is 2.22. The number of benzene rings is 2. The summed E-state index contributed by atoms with van der Waals surface area (Å²) >= 11 is 0. The van der Waals surface area contributed by atoms with Crippen molar-refractivity contribution in [3.05, 3.63) is 65.7 Å². The summed E-state index contributed by atoms with van der Waals surface area (Å²) < 4.78 is 0. The monoisotopic (exact) mass is 393 g/mol. The molecule has 2 amide bonds. The third-order valence-corrected chi connectivity index (χ3v) is 5.62. The van der Waals surface area contributed by atoms with E-state index in [1.54, 1.807) is 0 Å². The number of likely N-dealkylation sites (N-methyl/N-ethyl adjacent to an activating group) is 1. The Balaban J connectivity index is 1.58. The highest BCUT2D eigenvalue weighted by molar-refractivity contribution is 5.95. The first kappa shape index (κ1) is 21.1. The van der Waals surface area contributed by atoms with Crippen LogP contribution >= 0.6 is 0 Å². The smallest absolute Gasteiger partial charge is 0.227 e. The molecule has 5 heteroatoms. The average molecular weight is 394 g/mol. The molecule has 1 fully saturated rings. The van der Waals surface area contributed by atoms with Crippen LogP contribution in [0.2, 0.25) is 0 Å². The Kier molecular flexibility index (Phi) is 7.42. The van der Waals surface area contributed by atoms with Crippen LogP contribution in [-0.2, 0) is 16.0 Å². The van der Waals surface area contributed by atoms with Gasteiger partial charge in [0, 0.05) is 25.2 Å². The van der Waals surface area contributed by atoms with Crippen molar-refractivity contribution in [1.82, 2.24) is 10.2 Å². The Morgan fingerprint density at radius 3 is 2.34 bits per heavy atom. The van der Waals surface area contributed by atoms with Crippen molar-refractivity contribution in [3.63, 3.8) is 0 Å². The van der Waals surface area contributed by atoms with Crippen LogP contribution in [0, 0.1) is 0 Å². The van der Waals surface area contributed by atoms with Crippen LogP contribution in [0.25, 0.3) is 0 Å². The van der Waals surface area contributed by atoms with Crippen molar-refractivity contribution in [2.75, 3.05) is 31.1 Å². The van der Waals surface area contributed by atoms with Crippen LogP contribution in [0.4, 0.5) is 5.69 Å². The van der Waals surface area contributed by atoms with Crippen molar-refractivity contribution in [1.29, 1.82) is 0 Å². The molecule has 1 unspecified atom stereocenters. The molecule has 3 rings (SSSR count). The summed E-state index contributed by atoms with van der Waals surface area (Å²) in [6.07, 6.45) is 1.88. The Labute approximate surface area is 173 Å². The quantitative estimate of drug-likeness (QED) is 0.709. The molecular formula is C24H31N3O2. The zero-order valence-corrected chi connectivity index (χ0v) is 17.4. The molecule has 0 spiro atoms. The number of hydrogen-bond acceptors (Lipinski definition) is 3. The summed E-state index contributed by atoms with van der Waals surface area (Å²) in [6, 6.07) is 18.3. The standard InChI is InChI=1S/C24H31N3O2/c1-3-26(4-2)22(20-9-6-5-7-10-20)18-25-23(28)17-19-12-14-21(15-13-19)27-16-8-11-24(27)29/h5-7,9-10,12-15,22H,3-4,8,11,16-18H2,1-2H3,(H,25,28). The van der Waals surface area contributed by atoms with E-state index in [0.717, 1.165) is 37.3 Å². The van der Waals surface area contributed by atoms with Crippen molar-refractivity contribution in [2.45, 2.75) is 39.2 Å². The molecule has 1 atom stereocenters. The second-order valence-electron chi connectivity index (χ2n) is 7.44. The maximum Gasteiger partial charge on any atom is 0.227 e. The lowest BCUT2D eigenvalue weighted by atomic mass is 10.0. The van der Waals surface area contributed by atoms with Crippen molar-refractivity contribution in [3.8, 4) is 0 Å². The summed E-state index contributed by atoms with van der Waals surface area (Å²) in [4.78, 5) is 28.6. The van der Waals surface area contributed by atoms with E-state index < -0.39 is 0 Å². The van der Waals surface area contributed by atoms with Gasteiger partial charge in [-0.2, -0.15) is 0 Å². The first-order valence-electron chi connectivity index (χ1n) is 10.6. The summed E-state index contributed by atoms with van der Waals surface area (Å²) in [5.41, 5.74) is 3.09. The van der Waals surface area contributed by atoms with Gasteiger partial charge in [-0.15, -0.1) is 0 Å². The van der Waals surface area contributed by atoms with E-state index in [1.165, 1.54) is 5.56 Å². The van der Waals surface area contributed by atoms with Crippen molar-refractivity contribution < 1.29 is 9.59 Å². The molecule has 1 aliphatic rings. The number of rotatable bonds is 9. The molecule has 0 aromatic heterocycles. The first-order valence-corrected chi connectivity index (χ1v) is 10.6. The zero-order valence-electron chi connectivity index (χ0n) is 17.4. The SMILES string of the molecule is CCN(CC)C(CNC(=O)Cc1ccc(N2CCCC2=O)cc1)c1ccccc1. The average Bonchev–Trinajstić information content (AvgIpc) is 3.18. The first-order chi connectivity index (χ1) is 14.1. The van der Waals surface area contributed by atoms with E-state index in [1.807, 2.05) is 47.4 Å².